The molecule has 3 rings (SSSR count). The third-order valence-electron chi connectivity index (χ3n) is 4.20. The lowest BCUT2D eigenvalue weighted by Gasteiger charge is -2.08. The maximum absolute atomic E-state index is 12.8. The van der Waals surface area contributed by atoms with E-state index in [-0.39, 0.29) is 22.8 Å². The van der Waals surface area contributed by atoms with Gasteiger partial charge in [0.1, 0.15) is 10.7 Å². The fourth-order valence-electron chi connectivity index (χ4n) is 2.70. The van der Waals surface area contributed by atoms with Gasteiger partial charge in [0.2, 0.25) is 0 Å². The number of amides is 1. The lowest BCUT2D eigenvalue weighted by atomic mass is 10.3. The molecule has 0 aromatic carbocycles. The summed E-state index contributed by atoms with van der Waals surface area (Å²) in [5, 5.41) is 10.9. The number of aryl methyl sites for hydroxylation is 2. The largest absolute Gasteiger partial charge is 0.467 e. The maximum atomic E-state index is 12.8. The van der Waals surface area contributed by atoms with Gasteiger partial charge in [-0.2, -0.15) is 10.2 Å². The molecule has 0 aliphatic carbocycles. The summed E-state index contributed by atoms with van der Waals surface area (Å²) >= 11 is 0. The Balaban J connectivity index is 1.85. The first-order valence-electron chi connectivity index (χ1n) is 8.79. The van der Waals surface area contributed by atoms with E-state index in [0.29, 0.717) is 24.5 Å². The number of carbonyl (C=O) groups excluding carboxylic acids is 1. The topological polar surface area (TPSA) is 124 Å². The fraction of sp³-hybridized carbons (Fsp3) is 0.353. The van der Waals surface area contributed by atoms with E-state index in [1.54, 1.807) is 23.7 Å². The molecule has 28 heavy (non-hydrogen) atoms. The van der Waals surface area contributed by atoms with Crippen molar-refractivity contribution in [2.45, 2.75) is 45.3 Å². The van der Waals surface area contributed by atoms with Gasteiger partial charge in [0, 0.05) is 19.3 Å². The van der Waals surface area contributed by atoms with Gasteiger partial charge in [0.25, 0.3) is 15.9 Å². The summed E-state index contributed by atoms with van der Waals surface area (Å²) in [4.78, 5) is 12.6. The molecule has 1 amide bonds. The van der Waals surface area contributed by atoms with E-state index in [9.17, 15) is 13.2 Å². The highest BCUT2D eigenvalue weighted by Gasteiger charge is 2.25. The van der Waals surface area contributed by atoms with Crippen molar-refractivity contribution in [3.8, 4) is 0 Å². The lowest BCUT2D eigenvalue weighted by molar-refractivity contribution is 0.0943. The number of sulfonamides is 1. The molecule has 10 nitrogen and oxygen atoms in total. The van der Waals surface area contributed by atoms with Gasteiger partial charge < -0.3 is 9.73 Å². The Kier molecular flexibility index (Phi) is 5.54. The van der Waals surface area contributed by atoms with Gasteiger partial charge in [-0.3, -0.25) is 18.9 Å². The average Bonchev–Trinajstić information content (AvgIpc) is 3.39. The number of furan rings is 1. The van der Waals surface area contributed by atoms with Crippen LogP contribution in [0.3, 0.4) is 0 Å². The number of anilines is 1. The summed E-state index contributed by atoms with van der Waals surface area (Å²) in [6.45, 7) is 6.58. The minimum atomic E-state index is -3.93. The quantitative estimate of drug-likeness (QED) is 0.587. The molecule has 0 atom stereocenters. The SMILES string of the molecule is CCn1cc(NS(=O)(=O)c2cnn(CC)c2C)c(C(=O)NCc2ccco2)n1. The Bertz CT molecular complexity index is 1070. The van der Waals surface area contributed by atoms with Crippen LogP contribution in [0, 0.1) is 6.92 Å². The number of aromatic nitrogens is 4. The van der Waals surface area contributed by atoms with Crippen molar-refractivity contribution in [2.24, 2.45) is 0 Å². The highest BCUT2D eigenvalue weighted by atomic mass is 32.2. The maximum Gasteiger partial charge on any atom is 0.274 e. The molecule has 0 saturated heterocycles. The Morgan fingerprint density at radius 1 is 1.29 bits per heavy atom. The summed E-state index contributed by atoms with van der Waals surface area (Å²) in [6.07, 6.45) is 4.28. The smallest absolute Gasteiger partial charge is 0.274 e. The normalized spacial score (nSPS) is 11.5. The highest BCUT2D eigenvalue weighted by Crippen LogP contribution is 2.22. The minimum absolute atomic E-state index is 0.0162. The number of hydrogen-bond acceptors (Lipinski definition) is 6. The Morgan fingerprint density at radius 3 is 2.68 bits per heavy atom. The van der Waals surface area contributed by atoms with Crippen molar-refractivity contribution >= 4 is 21.6 Å². The fourth-order valence-corrected chi connectivity index (χ4v) is 3.93. The van der Waals surface area contributed by atoms with E-state index in [4.69, 9.17) is 4.42 Å². The second-order valence-electron chi connectivity index (χ2n) is 6.02. The first-order chi connectivity index (χ1) is 13.4. The third kappa shape index (κ3) is 3.93. The van der Waals surface area contributed by atoms with E-state index < -0.39 is 15.9 Å². The van der Waals surface area contributed by atoms with Gasteiger partial charge in [-0.05, 0) is 32.9 Å². The molecule has 150 valence electrons. The Hall–Kier alpha value is -3.08. The van der Waals surface area contributed by atoms with Crippen LogP contribution in [0.4, 0.5) is 5.69 Å². The molecule has 0 aliphatic rings. The average molecular weight is 406 g/mol. The molecule has 0 aliphatic heterocycles. The summed E-state index contributed by atoms with van der Waals surface area (Å²) in [6, 6.07) is 3.44. The molecule has 0 saturated carbocycles. The number of hydrogen-bond donors (Lipinski definition) is 2. The highest BCUT2D eigenvalue weighted by molar-refractivity contribution is 7.92. The van der Waals surface area contributed by atoms with Crippen molar-refractivity contribution in [1.82, 2.24) is 24.9 Å². The van der Waals surface area contributed by atoms with Crippen molar-refractivity contribution in [3.05, 3.63) is 47.9 Å². The number of nitrogens with zero attached hydrogens (tertiary/aromatic N) is 4. The number of carbonyl (C=O) groups is 1. The molecule has 11 heteroatoms. The van der Waals surface area contributed by atoms with Crippen molar-refractivity contribution in [2.75, 3.05) is 4.72 Å². The van der Waals surface area contributed by atoms with Crippen LogP contribution in [0.2, 0.25) is 0 Å². The molecule has 3 heterocycles. The lowest BCUT2D eigenvalue weighted by Crippen LogP contribution is -2.25. The molecular formula is C17H22N6O4S. The van der Waals surface area contributed by atoms with Crippen LogP contribution < -0.4 is 10.0 Å². The van der Waals surface area contributed by atoms with E-state index in [0.717, 1.165) is 0 Å². The second-order valence-corrected chi connectivity index (χ2v) is 7.68. The molecule has 0 unspecified atom stereocenters. The zero-order chi connectivity index (χ0) is 20.3. The van der Waals surface area contributed by atoms with Crippen LogP contribution in [0.25, 0.3) is 0 Å². The predicted octanol–water partition coefficient (Wildman–Crippen LogP) is 1.75. The standard InChI is InChI=1S/C17H22N6O4S/c1-4-22-11-14(16(20-22)17(24)18-9-13-7-6-8-27-13)21-28(25,26)15-10-19-23(5-2)12(15)3/h6-8,10-11,21H,4-5,9H2,1-3H3,(H,18,24). The Morgan fingerprint density at radius 2 is 2.07 bits per heavy atom. The van der Waals surface area contributed by atoms with Crippen LogP contribution in [-0.4, -0.2) is 33.9 Å². The first kappa shape index (κ1) is 19.7. The van der Waals surface area contributed by atoms with Gasteiger partial charge in [-0.25, -0.2) is 8.42 Å². The van der Waals surface area contributed by atoms with E-state index in [1.165, 1.54) is 23.3 Å². The summed E-state index contributed by atoms with van der Waals surface area (Å²) in [5.41, 5.74) is 0.599. The summed E-state index contributed by atoms with van der Waals surface area (Å²) in [7, 11) is -3.93. The van der Waals surface area contributed by atoms with Crippen LogP contribution in [0.5, 0.6) is 0 Å². The molecule has 0 spiro atoms. The van der Waals surface area contributed by atoms with Gasteiger partial charge in [-0.1, -0.05) is 0 Å². The van der Waals surface area contributed by atoms with Crippen LogP contribution in [0.15, 0.2) is 40.1 Å². The molecule has 0 bridgehead atoms. The summed E-state index contributed by atoms with van der Waals surface area (Å²) in [5.74, 6) is 0.0651. The van der Waals surface area contributed by atoms with Gasteiger partial charge in [0.15, 0.2) is 5.69 Å². The number of nitrogens with one attached hydrogen (secondary N) is 2. The zero-order valence-corrected chi connectivity index (χ0v) is 16.7. The van der Waals surface area contributed by atoms with Crippen molar-refractivity contribution in [1.29, 1.82) is 0 Å². The van der Waals surface area contributed by atoms with Crippen LogP contribution >= 0.6 is 0 Å². The van der Waals surface area contributed by atoms with Gasteiger partial charge in [-0.15, -0.1) is 0 Å². The molecule has 2 N–H and O–H groups in total. The molecular weight excluding hydrogens is 384 g/mol. The minimum Gasteiger partial charge on any atom is -0.467 e. The van der Waals surface area contributed by atoms with E-state index >= 15 is 0 Å². The zero-order valence-electron chi connectivity index (χ0n) is 15.8. The molecule has 3 aromatic rings. The van der Waals surface area contributed by atoms with E-state index in [1.807, 2.05) is 13.8 Å². The van der Waals surface area contributed by atoms with Crippen molar-refractivity contribution < 1.29 is 17.6 Å². The first-order valence-corrected chi connectivity index (χ1v) is 10.3. The summed E-state index contributed by atoms with van der Waals surface area (Å²) < 4.78 is 36.4. The van der Waals surface area contributed by atoms with Crippen LogP contribution in [0.1, 0.15) is 35.8 Å². The number of rotatable bonds is 8. The van der Waals surface area contributed by atoms with Crippen molar-refractivity contribution in [3.63, 3.8) is 0 Å². The van der Waals surface area contributed by atoms with Gasteiger partial charge in [0.05, 0.1) is 30.4 Å². The monoisotopic (exact) mass is 406 g/mol. The molecule has 0 fully saturated rings. The van der Waals surface area contributed by atoms with Gasteiger partial charge >= 0.3 is 0 Å². The third-order valence-corrected chi connectivity index (χ3v) is 5.66. The molecule has 0 radical (unpaired) electrons. The second kappa shape index (κ2) is 7.89. The molecule has 3 aromatic heterocycles. The Labute approximate surface area is 162 Å². The van der Waals surface area contributed by atoms with Crippen LogP contribution in [-0.2, 0) is 29.7 Å². The predicted molar refractivity (Wildman–Crippen MR) is 101 cm³/mol. The van der Waals surface area contributed by atoms with E-state index in [2.05, 4.69) is 20.2 Å².